The van der Waals surface area contributed by atoms with Crippen molar-refractivity contribution in [3.63, 3.8) is 0 Å². The van der Waals surface area contributed by atoms with E-state index in [2.05, 4.69) is 15.3 Å². The molecule has 1 fully saturated rings. The SMILES string of the molecule is NC(=O)c1c(F)ccc2[nH]c(C3CCCN3)nc12. The van der Waals surface area contributed by atoms with Gasteiger partial charge in [0.1, 0.15) is 22.7 Å². The molecule has 1 aromatic heterocycles. The predicted molar refractivity (Wildman–Crippen MR) is 64.5 cm³/mol. The molecule has 0 aliphatic carbocycles. The number of nitrogens with zero attached hydrogens (tertiary/aromatic N) is 1. The van der Waals surface area contributed by atoms with E-state index in [-0.39, 0.29) is 11.6 Å². The minimum absolute atomic E-state index is 0.140. The molecule has 1 amide bonds. The Labute approximate surface area is 103 Å². The number of primary amides is 1. The number of aromatic amines is 1. The number of H-pyrrole nitrogens is 1. The number of nitrogens with two attached hydrogens (primary N) is 1. The van der Waals surface area contributed by atoms with Crippen molar-refractivity contribution in [2.24, 2.45) is 5.73 Å². The summed E-state index contributed by atoms with van der Waals surface area (Å²) >= 11 is 0. The summed E-state index contributed by atoms with van der Waals surface area (Å²) in [6.45, 7) is 0.943. The Morgan fingerprint density at radius 1 is 1.50 bits per heavy atom. The third kappa shape index (κ3) is 1.65. The molecule has 2 heterocycles. The maximum atomic E-state index is 13.6. The van der Waals surface area contributed by atoms with Crippen molar-refractivity contribution in [1.82, 2.24) is 15.3 Å². The van der Waals surface area contributed by atoms with E-state index in [0.29, 0.717) is 11.0 Å². The Kier molecular flexibility index (Phi) is 2.52. The molecule has 1 unspecified atom stereocenters. The largest absolute Gasteiger partial charge is 0.365 e. The van der Waals surface area contributed by atoms with Crippen LogP contribution in [0, 0.1) is 5.82 Å². The van der Waals surface area contributed by atoms with Gasteiger partial charge in [-0.15, -0.1) is 0 Å². The Morgan fingerprint density at radius 2 is 2.33 bits per heavy atom. The normalized spacial score (nSPS) is 19.5. The first-order chi connectivity index (χ1) is 8.66. The van der Waals surface area contributed by atoms with Crippen LogP contribution >= 0.6 is 0 Å². The fourth-order valence-electron chi connectivity index (χ4n) is 2.39. The molecule has 1 aliphatic heterocycles. The zero-order chi connectivity index (χ0) is 12.7. The van der Waals surface area contributed by atoms with Gasteiger partial charge in [0.15, 0.2) is 0 Å². The second-order valence-electron chi connectivity index (χ2n) is 4.45. The highest BCUT2D eigenvalue weighted by atomic mass is 19.1. The number of hydrogen-bond donors (Lipinski definition) is 3. The van der Waals surface area contributed by atoms with Gasteiger partial charge in [-0.25, -0.2) is 9.37 Å². The van der Waals surface area contributed by atoms with Gasteiger partial charge in [0.2, 0.25) is 0 Å². The van der Waals surface area contributed by atoms with Crippen molar-refractivity contribution in [3.05, 3.63) is 29.3 Å². The number of aromatic nitrogens is 2. The molecule has 1 aliphatic rings. The lowest BCUT2D eigenvalue weighted by Gasteiger charge is -2.04. The van der Waals surface area contributed by atoms with Gasteiger partial charge in [-0.2, -0.15) is 0 Å². The van der Waals surface area contributed by atoms with Crippen molar-refractivity contribution in [1.29, 1.82) is 0 Å². The summed E-state index contributed by atoms with van der Waals surface area (Å²) < 4.78 is 13.6. The summed E-state index contributed by atoms with van der Waals surface area (Å²) in [5, 5.41) is 3.29. The third-order valence-electron chi connectivity index (χ3n) is 3.26. The number of carbonyl (C=O) groups is 1. The standard InChI is InChI=1S/C12H13FN4O/c13-6-3-4-7-10(9(6)11(14)18)17-12(16-7)8-2-1-5-15-8/h3-4,8,15H,1-2,5H2,(H2,14,18)(H,16,17). The first-order valence-electron chi connectivity index (χ1n) is 5.88. The molecule has 6 heteroatoms. The predicted octanol–water partition coefficient (Wildman–Crippen LogP) is 1.23. The fraction of sp³-hybridized carbons (Fsp3) is 0.333. The van der Waals surface area contributed by atoms with E-state index in [1.54, 1.807) is 6.07 Å². The third-order valence-corrected chi connectivity index (χ3v) is 3.26. The highest BCUT2D eigenvalue weighted by Crippen LogP contribution is 2.25. The quantitative estimate of drug-likeness (QED) is 0.747. The average Bonchev–Trinajstić information content (AvgIpc) is 2.95. The minimum Gasteiger partial charge on any atom is -0.365 e. The van der Waals surface area contributed by atoms with Crippen LogP contribution in [0.4, 0.5) is 4.39 Å². The van der Waals surface area contributed by atoms with Crippen molar-refractivity contribution in [3.8, 4) is 0 Å². The van der Waals surface area contributed by atoms with Gasteiger partial charge in [0, 0.05) is 0 Å². The summed E-state index contributed by atoms with van der Waals surface area (Å²) in [4.78, 5) is 18.7. The van der Waals surface area contributed by atoms with Crippen molar-refractivity contribution >= 4 is 16.9 Å². The van der Waals surface area contributed by atoms with E-state index in [4.69, 9.17) is 5.73 Å². The van der Waals surface area contributed by atoms with Gasteiger partial charge in [-0.1, -0.05) is 0 Å². The van der Waals surface area contributed by atoms with Gasteiger partial charge in [-0.05, 0) is 31.5 Å². The highest BCUT2D eigenvalue weighted by Gasteiger charge is 2.22. The Hall–Kier alpha value is -1.95. The van der Waals surface area contributed by atoms with Crippen molar-refractivity contribution < 1.29 is 9.18 Å². The summed E-state index contributed by atoms with van der Waals surface area (Å²) in [5.41, 5.74) is 5.99. The van der Waals surface area contributed by atoms with Gasteiger partial charge >= 0.3 is 0 Å². The van der Waals surface area contributed by atoms with E-state index in [1.807, 2.05) is 0 Å². The lowest BCUT2D eigenvalue weighted by molar-refractivity contribution is 0.0998. The molecule has 4 N–H and O–H groups in total. The molecule has 5 nitrogen and oxygen atoms in total. The molecule has 2 aromatic rings. The van der Waals surface area contributed by atoms with Crippen LogP contribution in [-0.4, -0.2) is 22.4 Å². The molecule has 0 spiro atoms. The number of halogens is 1. The number of fused-ring (bicyclic) bond motifs is 1. The van der Waals surface area contributed by atoms with E-state index in [0.717, 1.165) is 25.2 Å². The molecule has 94 valence electrons. The maximum absolute atomic E-state index is 13.6. The highest BCUT2D eigenvalue weighted by molar-refractivity contribution is 6.04. The summed E-state index contributed by atoms with van der Waals surface area (Å²) in [5.74, 6) is -0.696. The monoisotopic (exact) mass is 248 g/mol. The minimum atomic E-state index is -0.796. The number of benzene rings is 1. The summed E-state index contributed by atoms with van der Waals surface area (Å²) in [7, 11) is 0. The van der Waals surface area contributed by atoms with Crippen LogP contribution in [0.5, 0.6) is 0 Å². The average molecular weight is 248 g/mol. The lowest BCUT2D eigenvalue weighted by Crippen LogP contribution is -2.15. The van der Waals surface area contributed by atoms with E-state index < -0.39 is 11.7 Å². The van der Waals surface area contributed by atoms with Crippen LogP contribution in [-0.2, 0) is 0 Å². The number of amides is 1. The second kappa shape index (κ2) is 4.06. The van der Waals surface area contributed by atoms with Crippen LogP contribution < -0.4 is 11.1 Å². The van der Waals surface area contributed by atoms with Gasteiger partial charge < -0.3 is 16.0 Å². The molecule has 1 atom stereocenters. The van der Waals surface area contributed by atoms with E-state index >= 15 is 0 Å². The lowest BCUT2D eigenvalue weighted by atomic mass is 10.1. The summed E-state index contributed by atoms with van der Waals surface area (Å²) in [6, 6.07) is 2.94. The molecule has 1 aromatic carbocycles. The fourth-order valence-corrected chi connectivity index (χ4v) is 2.39. The number of nitrogens with one attached hydrogen (secondary N) is 2. The molecule has 3 rings (SSSR count). The molecule has 0 bridgehead atoms. The number of imidazole rings is 1. The molecule has 0 saturated carbocycles. The molecule has 18 heavy (non-hydrogen) atoms. The summed E-state index contributed by atoms with van der Waals surface area (Å²) in [6.07, 6.45) is 2.06. The Balaban J connectivity index is 2.16. The Morgan fingerprint density at radius 3 is 3.00 bits per heavy atom. The van der Waals surface area contributed by atoms with E-state index in [9.17, 15) is 9.18 Å². The van der Waals surface area contributed by atoms with Gasteiger partial charge in [0.05, 0.1) is 11.6 Å². The van der Waals surface area contributed by atoms with Crippen LogP contribution in [0.2, 0.25) is 0 Å². The van der Waals surface area contributed by atoms with Crippen molar-refractivity contribution in [2.45, 2.75) is 18.9 Å². The zero-order valence-electron chi connectivity index (χ0n) is 9.66. The maximum Gasteiger partial charge on any atom is 0.253 e. The van der Waals surface area contributed by atoms with Crippen LogP contribution in [0.25, 0.3) is 11.0 Å². The number of rotatable bonds is 2. The zero-order valence-corrected chi connectivity index (χ0v) is 9.66. The molecule has 0 radical (unpaired) electrons. The second-order valence-corrected chi connectivity index (χ2v) is 4.45. The van der Waals surface area contributed by atoms with Gasteiger partial charge in [0.25, 0.3) is 5.91 Å². The molecule has 1 saturated heterocycles. The topological polar surface area (TPSA) is 83.8 Å². The smallest absolute Gasteiger partial charge is 0.253 e. The van der Waals surface area contributed by atoms with E-state index in [1.165, 1.54) is 6.07 Å². The van der Waals surface area contributed by atoms with Crippen LogP contribution in [0.15, 0.2) is 12.1 Å². The van der Waals surface area contributed by atoms with Gasteiger partial charge in [-0.3, -0.25) is 4.79 Å². The number of hydrogen-bond acceptors (Lipinski definition) is 3. The molecular weight excluding hydrogens is 235 g/mol. The van der Waals surface area contributed by atoms with Crippen LogP contribution in [0.3, 0.4) is 0 Å². The first-order valence-corrected chi connectivity index (χ1v) is 5.88. The van der Waals surface area contributed by atoms with Crippen LogP contribution in [0.1, 0.15) is 35.1 Å². The molecular formula is C12H13FN4O. The van der Waals surface area contributed by atoms with Crippen molar-refractivity contribution in [2.75, 3.05) is 6.54 Å². The first kappa shape index (κ1) is 11.2. The number of carbonyl (C=O) groups excluding carboxylic acids is 1. The Bertz CT molecular complexity index is 616.